The Bertz CT molecular complexity index is 627. The van der Waals surface area contributed by atoms with Crippen molar-refractivity contribution >= 4 is 0 Å². The van der Waals surface area contributed by atoms with Crippen LogP contribution in [0.15, 0.2) is 35.1 Å². The molecule has 22 heavy (non-hydrogen) atoms. The Kier molecular flexibility index (Phi) is 3.68. The summed E-state index contributed by atoms with van der Waals surface area (Å²) >= 11 is 0. The van der Waals surface area contributed by atoms with Gasteiger partial charge in [0.05, 0.1) is 6.54 Å². The van der Waals surface area contributed by atoms with Gasteiger partial charge in [-0.3, -0.25) is 14.8 Å². The van der Waals surface area contributed by atoms with Gasteiger partial charge in [-0.25, -0.2) is 0 Å². The number of aromatic nitrogens is 2. The van der Waals surface area contributed by atoms with Gasteiger partial charge in [-0.1, -0.05) is 5.16 Å². The first-order valence-electron chi connectivity index (χ1n) is 8.10. The fourth-order valence-corrected chi connectivity index (χ4v) is 3.79. The lowest BCUT2D eigenvalue weighted by Crippen LogP contribution is -2.36. The van der Waals surface area contributed by atoms with Crippen molar-refractivity contribution in [3.8, 4) is 11.3 Å². The van der Waals surface area contributed by atoms with E-state index in [1.165, 1.54) is 19.3 Å². The molecule has 2 atom stereocenters. The van der Waals surface area contributed by atoms with Crippen LogP contribution in [0.2, 0.25) is 0 Å². The molecule has 4 heterocycles. The third kappa shape index (κ3) is 2.66. The van der Waals surface area contributed by atoms with Crippen molar-refractivity contribution in [2.75, 3.05) is 20.1 Å². The molecule has 2 aliphatic heterocycles. The van der Waals surface area contributed by atoms with Gasteiger partial charge in [0.25, 0.3) is 0 Å². The second-order valence-corrected chi connectivity index (χ2v) is 6.49. The van der Waals surface area contributed by atoms with E-state index in [0.717, 1.165) is 42.7 Å². The third-order valence-electron chi connectivity index (χ3n) is 5.15. The molecule has 116 valence electrons. The largest absolute Gasteiger partial charge is 0.359 e. The summed E-state index contributed by atoms with van der Waals surface area (Å²) in [5.41, 5.74) is 1.95. The van der Waals surface area contributed by atoms with Crippen LogP contribution < -0.4 is 0 Å². The second-order valence-electron chi connectivity index (χ2n) is 6.49. The van der Waals surface area contributed by atoms with Gasteiger partial charge < -0.3 is 4.52 Å². The lowest BCUT2D eigenvalue weighted by Gasteiger charge is -2.24. The SMILES string of the molecule is CN1[C@H]2CC[C@@H]1CN(Cc1cc(-c3ccncc3)no1)CC2. The zero-order valence-electron chi connectivity index (χ0n) is 13.0. The highest BCUT2D eigenvalue weighted by molar-refractivity contribution is 5.57. The number of fused-ring (bicyclic) bond motifs is 2. The highest BCUT2D eigenvalue weighted by atomic mass is 16.5. The quantitative estimate of drug-likeness (QED) is 0.870. The van der Waals surface area contributed by atoms with Crippen LogP contribution in [0.4, 0.5) is 0 Å². The van der Waals surface area contributed by atoms with Crippen molar-refractivity contribution in [2.45, 2.75) is 37.9 Å². The average Bonchev–Trinajstić information content (AvgIpc) is 3.08. The van der Waals surface area contributed by atoms with Gasteiger partial charge in [0.2, 0.25) is 0 Å². The summed E-state index contributed by atoms with van der Waals surface area (Å²) in [6.07, 6.45) is 7.52. The summed E-state index contributed by atoms with van der Waals surface area (Å²) in [7, 11) is 2.28. The highest BCUT2D eigenvalue weighted by Crippen LogP contribution is 2.29. The predicted molar refractivity (Wildman–Crippen MR) is 84.2 cm³/mol. The average molecular weight is 298 g/mol. The Morgan fingerprint density at radius 1 is 1.18 bits per heavy atom. The fourth-order valence-electron chi connectivity index (χ4n) is 3.79. The molecule has 2 aromatic rings. The summed E-state index contributed by atoms with van der Waals surface area (Å²) < 4.78 is 5.54. The standard InChI is InChI=1S/C17H22N4O/c1-20-14-2-3-15(20)11-21(9-6-14)12-16-10-17(19-22-16)13-4-7-18-8-5-13/h4-5,7-8,10,14-15H,2-3,6,9,11-12H2,1H3/t14-,15+/m0/s1. The monoisotopic (exact) mass is 298 g/mol. The van der Waals surface area contributed by atoms with Gasteiger partial charge in [-0.2, -0.15) is 0 Å². The van der Waals surface area contributed by atoms with Crippen LogP contribution >= 0.6 is 0 Å². The van der Waals surface area contributed by atoms with E-state index >= 15 is 0 Å². The molecule has 0 spiro atoms. The summed E-state index contributed by atoms with van der Waals surface area (Å²) in [5, 5.41) is 4.20. The second kappa shape index (κ2) is 5.82. The summed E-state index contributed by atoms with van der Waals surface area (Å²) in [6, 6.07) is 7.46. The maximum absolute atomic E-state index is 5.54. The number of hydrogen-bond acceptors (Lipinski definition) is 5. The van der Waals surface area contributed by atoms with Crippen LogP contribution in [0.5, 0.6) is 0 Å². The fraction of sp³-hybridized carbons (Fsp3) is 0.529. The van der Waals surface area contributed by atoms with Crippen molar-refractivity contribution < 1.29 is 4.52 Å². The highest BCUT2D eigenvalue weighted by Gasteiger charge is 2.34. The van der Waals surface area contributed by atoms with Crippen LogP contribution in [-0.2, 0) is 6.54 Å². The molecule has 0 saturated carbocycles. The molecule has 2 bridgehead atoms. The van der Waals surface area contributed by atoms with Crippen molar-refractivity contribution in [2.24, 2.45) is 0 Å². The minimum Gasteiger partial charge on any atom is -0.359 e. The van der Waals surface area contributed by atoms with Crippen LogP contribution in [0.25, 0.3) is 11.3 Å². The molecule has 2 aliphatic rings. The molecule has 0 radical (unpaired) electrons. The molecule has 0 aliphatic carbocycles. The van der Waals surface area contributed by atoms with E-state index in [2.05, 4.69) is 33.1 Å². The summed E-state index contributed by atoms with van der Waals surface area (Å²) in [5.74, 6) is 0.951. The Balaban J connectivity index is 1.45. The van der Waals surface area contributed by atoms with Gasteiger partial charge in [0.15, 0.2) is 5.76 Å². The number of hydrogen-bond donors (Lipinski definition) is 0. The van der Waals surface area contributed by atoms with Crippen LogP contribution in [0.3, 0.4) is 0 Å². The van der Waals surface area contributed by atoms with E-state index in [-0.39, 0.29) is 0 Å². The zero-order chi connectivity index (χ0) is 14.9. The summed E-state index contributed by atoms with van der Waals surface area (Å²) in [6.45, 7) is 3.14. The van der Waals surface area contributed by atoms with Crippen molar-refractivity contribution in [3.63, 3.8) is 0 Å². The van der Waals surface area contributed by atoms with Crippen molar-refractivity contribution in [1.29, 1.82) is 0 Å². The number of pyridine rings is 1. The molecule has 2 fully saturated rings. The molecule has 2 aromatic heterocycles. The topological polar surface area (TPSA) is 45.4 Å². The summed E-state index contributed by atoms with van der Waals surface area (Å²) in [4.78, 5) is 9.12. The Morgan fingerprint density at radius 3 is 2.86 bits per heavy atom. The van der Waals surface area contributed by atoms with Gasteiger partial charge in [0, 0.05) is 49.2 Å². The van der Waals surface area contributed by atoms with E-state index in [1.54, 1.807) is 12.4 Å². The molecular weight excluding hydrogens is 276 g/mol. The number of likely N-dealkylation sites (tertiary alicyclic amines) is 1. The first-order chi connectivity index (χ1) is 10.8. The maximum atomic E-state index is 5.54. The Labute approximate surface area is 130 Å². The van der Waals surface area contributed by atoms with Crippen molar-refractivity contribution in [1.82, 2.24) is 19.9 Å². The normalized spacial score (nSPS) is 26.2. The maximum Gasteiger partial charge on any atom is 0.151 e. The number of rotatable bonds is 3. The van der Waals surface area contributed by atoms with Crippen LogP contribution in [0, 0.1) is 0 Å². The minimum atomic E-state index is 0.704. The van der Waals surface area contributed by atoms with E-state index in [1.807, 2.05) is 12.1 Å². The molecule has 0 unspecified atom stereocenters. The van der Waals surface area contributed by atoms with Crippen molar-refractivity contribution in [3.05, 3.63) is 36.4 Å². The van der Waals surface area contributed by atoms with E-state index < -0.39 is 0 Å². The molecule has 0 amide bonds. The molecule has 4 rings (SSSR count). The smallest absolute Gasteiger partial charge is 0.151 e. The zero-order valence-corrected chi connectivity index (χ0v) is 13.0. The van der Waals surface area contributed by atoms with Gasteiger partial charge in [0.1, 0.15) is 5.69 Å². The third-order valence-corrected chi connectivity index (χ3v) is 5.15. The first-order valence-corrected chi connectivity index (χ1v) is 8.10. The Morgan fingerprint density at radius 2 is 2.00 bits per heavy atom. The lowest BCUT2D eigenvalue weighted by molar-refractivity contribution is 0.199. The molecule has 5 nitrogen and oxygen atoms in total. The molecule has 2 saturated heterocycles. The first kappa shape index (κ1) is 13.9. The molecule has 0 N–H and O–H groups in total. The van der Waals surface area contributed by atoms with Crippen LogP contribution in [-0.4, -0.2) is 52.2 Å². The molecular formula is C17H22N4O. The van der Waals surface area contributed by atoms with Crippen LogP contribution in [0.1, 0.15) is 25.0 Å². The van der Waals surface area contributed by atoms with E-state index in [0.29, 0.717) is 6.04 Å². The van der Waals surface area contributed by atoms with Gasteiger partial charge in [-0.05, 0) is 38.4 Å². The van der Waals surface area contributed by atoms with E-state index in [4.69, 9.17) is 4.52 Å². The van der Waals surface area contributed by atoms with E-state index in [9.17, 15) is 0 Å². The Hall–Kier alpha value is -1.72. The lowest BCUT2D eigenvalue weighted by atomic mass is 10.1. The molecule has 0 aromatic carbocycles. The molecule has 5 heteroatoms. The van der Waals surface area contributed by atoms with Gasteiger partial charge >= 0.3 is 0 Å². The van der Waals surface area contributed by atoms with Gasteiger partial charge in [-0.15, -0.1) is 0 Å². The minimum absolute atomic E-state index is 0.704. The number of nitrogens with zero attached hydrogens (tertiary/aromatic N) is 4. The number of likely N-dealkylation sites (N-methyl/N-ethyl adjacent to an activating group) is 1. The predicted octanol–water partition coefficient (Wildman–Crippen LogP) is 2.41.